The van der Waals surface area contributed by atoms with Crippen molar-refractivity contribution in [3.63, 3.8) is 0 Å². The zero-order valence-electron chi connectivity index (χ0n) is 70.3. The second-order valence-corrected chi connectivity index (χ2v) is 38.4. The Bertz CT molecular complexity index is 4480. The number of ketones is 4. The minimum atomic E-state index is -0.658. The molecule has 4 aliphatic carbocycles. The summed E-state index contributed by atoms with van der Waals surface area (Å²) in [5, 5.41) is 0. The topological polar surface area (TPSA) is 141 Å². The maximum absolute atomic E-state index is 15.5. The lowest BCUT2D eigenvalue weighted by atomic mass is 9.71. The predicted molar refractivity (Wildman–Crippen MR) is 447 cm³/mol. The van der Waals surface area contributed by atoms with E-state index in [0.717, 1.165) is 56.2 Å². The zero-order valence-corrected chi connectivity index (χ0v) is 70.3. The van der Waals surface area contributed by atoms with Crippen LogP contribution in [0.5, 0.6) is 0 Å². The Labute approximate surface area is 654 Å². The molecule has 2 aromatic carbocycles. The number of rotatable bonds is 10. The number of aromatic nitrogens is 4. The molecule has 0 fully saturated rings. The molecule has 0 saturated heterocycles. The Morgan fingerprint density at radius 2 is 0.436 bits per heavy atom. The van der Waals surface area contributed by atoms with E-state index in [4.69, 9.17) is 9.47 Å². The number of carbonyl (C=O) groups excluding carboxylic acids is 6. The number of nitrogens with zero attached hydrogens (tertiary/aromatic N) is 4. The summed E-state index contributed by atoms with van der Waals surface area (Å²) in [5.74, 6) is -1.17. The summed E-state index contributed by atoms with van der Waals surface area (Å²) in [4.78, 5) is 92.9. The molecular weight excluding hydrogens is 1360 g/mol. The first-order chi connectivity index (χ1) is 51.0. The fourth-order valence-corrected chi connectivity index (χ4v) is 15.8. The molecule has 1 aliphatic heterocycles. The highest BCUT2D eigenvalue weighted by Gasteiger charge is 2.43. The molecule has 0 unspecified atom stereocenters. The van der Waals surface area contributed by atoms with Crippen molar-refractivity contribution in [2.45, 2.75) is 206 Å². The van der Waals surface area contributed by atoms with Crippen LogP contribution in [0.25, 0.3) is 22.3 Å². The van der Waals surface area contributed by atoms with Gasteiger partial charge in [-0.1, -0.05) is 227 Å². The minimum absolute atomic E-state index is 0.0495. The molecule has 0 N–H and O–H groups in total. The van der Waals surface area contributed by atoms with E-state index in [2.05, 4.69) is 306 Å². The largest absolute Gasteiger partial charge is 0.465 e. The maximum Gasteiger partial charge on any atom is 0.325 e. The maximum atomic E-state index is 15.5. The van der Waals surface area contributed by atoms with Gasteiger partial charge in [-0.2, -0.15) is 0 Å². The van der Waals surface area contributed by atoms with Gasteiger partial charge in [-0.25, -0.2) is 0 Å². The Morgan fingerprint density at radius 3 is 0.600 bits per heavy atom. The zero-order chi connectivity index (χ0) is 80.8. The Balaban J connectivity index is 1.54. The van der Waals surface area contributed by atoms with E-state index in [-0.39, 0.29) is 62.5 Å². The van der Waals surface area contributed by atoms with Crippen LogP contribution >= 0.6 is 0 Å². The lowest BCUT2D eigenvalue weighted by Crippen LogP contribution is -2.28. The second-order valence-electron chi connectivity index (χ2n) is 38.4. The smallest absolute Gasteiger partial charge is 0.325 e. The van der Waals surface area contributed by atoms with E-state index < -0.39 is 55.3 Å². The Kier molecular flexibility index (Phi) is 21.6. The number of hydrogen-bond acceptors (Lipinski definition) is 8. The van der Waals surface area contributed by atoms with Crippen LogP contribution in [0.4, 0.5) is 0 Å². The van der Waals surface area contributed by atoms with Crippen LogP contribution in [0.1, 0.15) is 237 Å². The van der Waals surface area contributed by atoms with Gasteiger partial charge in [0.15, 0.2) is 23.1 Å². The van der Waals surface area contributed by atoms with Crippen molar-refractivity contribution in [3.8, 4) is 0 Å². The van der Waals surface area contributed by atoms with Crippen molar-refractivity contribution in [1.29, 1.82) is 0 Å². The third kappa shape index (κ3) is 16.0. The summed E-state index contributed by atoms with van der Waals surface area (Å²) >= 11 is 0. The summed E-state index contributed by atoms with van der Waals surface area (Å²) < 4.78 is 21.1. The summed E-state index contributed by atoms with van der Waals surface area (Å²) in [5.41, 5.74) is 12.8. The molecule has 11 rings (SSSR count). The molecule has 4 aromatic heterocycles. The van der Waals surface area contributed by atoms with E-state index >= 15 is 28.8 Å². The van der Waals surface area contributed by atoms with Crippen molar-refractivity contribution in [2.24, 2.45) is 43.3 Å². The third-order valence-corrected chi connectivity index (χ3v) is 21.5. The molecule has 0 spiro atoms. The van der Waals surface area contributed by atoms with E-state index in [1.54, 1.807) is 0 Å². The molecule has 12 nitrogen and oxygen atoms in total. The highest BCUT2D eigenvalue weighted by Crippen LogP contribution is 2.51. The summed E-state index contributed by atoms with van der Waals surface area (Å²) in [6, 6.07) is 37.6. The molecule has 12 heteroatoms. The first-order valence-electron chi connectivity index (χ1n) is 39.2. The normalized spacial score (nSPS) is 16.7. The molecule has 8 bridgehead atoms. The van der Waals surface area contributed by atoms with E-state index in [0.29, 0.717) is 89.7 Å². The lowest BCUT2D eigenvalue weighted by molar-refractivity contribution is -0.144. The van der Waals surface area contributed by atoms with Crippen LogP contribution < -0.4 is 0 Å². The number of ether oxygens (including phenoxy) is 2. The van der Waals surface area contributed by atoms with Crippen LogP contribution in [0, 0.1) is 43.3 Å². The quantitative estimate of drug-likeness (QED) is 0.123. The Morgan fingerprint density at radius 1 is 0.264 bits per heavy atom. The van der Waals surface area contributed by atoms with Crippen molar-refractivity contribution in [2.75, 3.05) is 13.2 Å². The van der Waals surface area contributed by atoms with Crippen LogP contribution in [0.2, 0.25) is 0 Å². The third-order valence-electron chi connectivity index (χ3n) is 21.5. The summed E-state index contributed by atoms with van der Waals surface area (Å²) in [7, 11) is 0. The van der Waals surface area contributed by atoms with Crippen molar-refractivity contribution in [3.05, 3.63) is 281 Å². The fraction of sp³-hybridized carbons (Fsp3) is 0.408. The average molecular weight is 1480 g/mol. The molecule has 0 amide bonds. The standard InChI is InChI=1S/C98H116N4O8/c1-27-109-81(103)57-101-77-43-44-78(101)84(62-49-67(93(9,10)11)88(106)68(50-62)94(12,13)14)74-40-42-76(100(74)56-60-37-33-30-34-38-60)86(64-53-71(97(21,22)23)90(108)72(54-64)98(24,25)26)80-46-45-79(102(80)58-82(104)110-28-2)85(63-51-69(95(15,16)17)89(107)70(52-63)96(18,19)20)75-41-39-73(99(75)55-59-35-31-29-32-36-59)83(77)61-47-65(91(3,4)5)87(105)66(48-61)92(6,7)8/h29-54H,27-28,55-58H2,1-26H3. The Hall–Kier alpha value is -9.94. The number of allylic oxidation sites excluding steroid dienone is 20. The van der Waals surface area contributed by atoms with Crippen LogP contribution in [0.15, 0.2) is 225 Å². The van der Waals surface area contributed by atoms with Crippen LogP contribution in [-0.4, -0.2) is 66.6 Å². The first-order valence-corrected chi connectivity index (χ1v) is 39.2. The van der Waals surface area contributed by atoms with E-state index in [1.807, 2.05) is 50.2 Å². The molecule has 0 atom stereocenters. The number of carbonyl (C=O) groups is 6. The van der Waals surface area contributed by atoms with Gasteiger partial charge >= 0.3 is 11.9 Å². The second kappa shape index (κ2) is 29.4. The van der Waals surface area contributed by atoms with Gasteiger partial charge < -0.3 is 27.7 Å². The van der Waals surface area contributed by atoms with Crippen LogP contribution in [0.3, 0.4) is 0 Å². The molecule has 110 heavy (non-hydrogen) atoms. The van der Waals surface area contributed by atoms with Crippen molar-refractivity contribution in [1.82, 2.24) is 18.3 Å². The highest BCUT2D eigenvalue weighted by atomic mass is 16.5. The number of esters is 2. The van der Waals surface area contributed by atoms with Gasteiger partial charge in [0, 0.05) is 80.0 Å². The summed E-state index contributed by atoms with van der Waals surface area (Å²) in [6.07, 6.45) is 16.4. The SMILES string of the molecule is CCOC(=O)Cn1c2ccc1C(=C1C=C(C(C)(C)C)C(=O)C(C(C)(C)C)=C1)c1ccc(n1Cc1ccccc1)C(=C1C=C(C(C)(C)C)C(=O)C(C(C)(C)C)=C1)c1ccc(n1CC(=O)OCC)C(=C1C=C(C(C)(C)C)C(=O)C(C(C)(C)C)=C1)c1ccc(n1Cc1ccccc1)C2=C1C=C(C(C)(C)C)C(=O)C(C(C)(C)C)=C1. The average Bonchev–Trinajstić information content (AvgIpc) is 1.53. The van der Waals surface area contributed by atoms with Gasteiger partial charge in [-0.3, -0.25) is 28.8 Å². The van der Waals surface area contributed by atoms with E-state index in [9.17, 15) is 0 Å². The number of Topliss-reactive ketones (excluding diaryl/α,β-unsaturated/α-hetero) is 4. The molecule has 6 aromatic rings. The van der Waals surface area contributed by atoms with Crippen molar-refractivity contribution >= 4 is 57.4 Å². The molecule has 0 saturated carbocycles. The fourth-order valence-electron chi connectivity index (χ4n) is 15.8. The number of hydrogen-bond donors (Lipinski definition) is 0. The number of benzene rings is 2. The summed E-state index contributed by atoms with van der Waals surface area (Å²) in [6.45, 7) is 53.7. The first kappa shape index (κ1) is 81.1. The molecule has 5 aliphatic rings. The predicted octanol–water partition coefficient (Wildman–Crippen LogP) is 21.7. The van der Waals surface area contributed by atoms with Gasteiger partial charge in [0.1, 0.15) is 13.1 Å². The van der Waals surface area contributed by atoms with Gasteiger partial charge in [-0.05, 0) is 188 Å². The van der Waals surface area contributed by atoms with E-state index in [1.165, 1.54) is 0 Å². The molecule has 5 heterocycles. The lowest BCUT2D eigenvalue weighted by Gasteiger charge is -2.33. The van der Waals surface area contributed by atoms with Crippen LogP contribution in [-0.2, 0) is 64.4 Å². The molecular formula is C98H116N4O8. The molecule has 0 radical (unpaired) electrons. The van der Waals surface area contributed by atoms with Gasteiger partial charge in [0.25, 0.3) is 0 Å². The minimum Gasteiger partial charge on any atom is -0.465 e. The van der Waals surface area contributed by atoms with Gasteiger partial charge in [-0.15, -0.1) is 0 Å². The van der Waals surface area contributed by atoms with Crippen molar-refractivity contribution < 1.29 is 38.2 Å². The highest BCUT2D eigenvalue weighted by molar-refractivity contribution is 6.16. The van der Waals surface area contributed by atoms with Gasteiger partial charge in [0.05, 0.1) is 58.8 Å². The molecule has 576 valence electrons. The number of fused-ring (bicyclic) bond motifs is 8. The van der Waals surface area contributed by atoms with Gasteiger partial charge in [0.2, 0.25) is 0 Å². The monoisotopic (exact) mass is 1480 g/mol.